The Hall–Kier alpha value is -1.40. The lowest BCUT2D eigenvalue weighted by molar-refractivity contribution is -0.137. The summed E-state index contributed by atoms with van der Waals surface area (Å²) in [5.74, 6) is -0.452. The fraction of sp³-hybridized carbons (Fsp3) is 0.200. The predicted molar refractivity (Wildman–Crippen MR) is 76.2 cm³/mol. The molecule has 21 heavy (non-hydrogen) atoms. The molecule has 0 aliphatic rings. The van der Waals surface area contributed by atoms with E-state index in [2.05, 4.69) is 15.9 Å². The van der Waals surface area contributed by atoms with Crippen LogP contribution in [0.3, 0.4) is 0 Å². The van der Waals surface area contributed by atoms with Crippen LogP contribution in [-0.4, -0.2) is 0 Å². The second kappa shape index (κ2) is 6.15. The van der Waals surface area contributed by atoms with Gasteiger partial charge in [0, 0.05) is 6.04 Å². The summed E-state index contributed by atoms with van der Waals surface area (Å²) in [6.45, 7) is 0. The van der Waals surface area contributed by atoms with Crippen molar-refractivity contribution in [3.8, 4) is 0 Å². The highest BCUT2D eigenvalue weighted by atomic mass is 79.9. The van der Waals surface area contributed by atoms with Crippen molar-refractivity contribution in [2.45, 2.75) is 18.6 Å². The van der Waals surface area contributed by atoms with Gasteiger partial charge in [-0.15, -0.1) is 0 Å². The lowest BCUT2D eigenvalue weighted by Gasteiger charge is -2.15. The summed E-state index contributed by atoms with van der Waals surface area (Å²) >= 11 is 3.11. The predicted octanol–water partition coefficient (Wildman–Crippen LogP) is 4.85. The average Bonchev–Trinajstić information content (AvgIpc) is 2.41. The van der Waals surface area contributed by atoms with Gasteiger partial charge in [0.1, 0.15) is 5.82 Å². The first-order valence-electron chi connectivity index (χ1n) is 6.14. The summed E-state index contributed by atoms with van der Waals surface area (Å²) in [5.41, 5.74) is 6.23. The molecule has 0 radical (unpaired) electrons. The molecule has 0 saturated heterocycles. The van der Waals surface area contributed by atoms with Crippen LogP contribution in [0.2, 0.25) is 0 Å². The van der Waals surface area contributed by atoms with Gasteiger partial charge in [0.05, 0.1) is 10.0 Å². The monoisotopic (exact) mass is 361 g/mol. The number of halogens is 5. The Labute approximate surface area is 127 Å². The molecule has 2 rings (SSSR count). The molecule has 0 bridgehead atoms. The van der Waals surface area contributed by atoms with Crippen molar-refractivity contribution in [1.82, 2.24) is 0 Å². The van der Waals surface area contributed by atoms with Crippen LogP contribution in [0.5, 0.6) is 0 Å². The van der Waals surface area contributed by atoms with Crippen LogP contribution in [0.25, 0.3) is 0 Å². The molecule has 0 fully saturated rings. The minimum absolute atomic E-state index is 0.186. The number of benzene rings is 2. The topological polar surface area (TPSA) is 26.0 Å². The molecular formula is C15H12BrF4N. The van der Waals surface area contributed by atoms with Gasteiger partial charge in [-0.2, -0.15) is 13.2 Å². The van der Waals surface area contributed by atoms with Gasteiger partial charge in [0.25, 0.3) is 0 Å². The number of alkyl halides is 3. The SMILES string of the molecule is NC(Cc1cccc(C(F)(F)F)c1)c1cccc(F)c1Br. The normalized spacial score (nSPS) is 13.2. The van der Waals surface area contributed by atoms with Crippen molar-refractivity contribution in [3.05, 3.63) is 69.4 Å². The molecule has 1 unspecified atom stereocenters. The van der Waals surface area contributed by atoms with Gasteiger partial charge >= 0.3 is 6.18 Å². The van der Waals surface area contributed by atoms with Crippen LogP contribution in [0.1, 0.15) is 22.7 Å². The maximum atomic E-state index is 13.4. The van der Waals surface area contributed by atoms with Crippen LogP contribution in [0.4, 0.5) is 17.6 Å². The molecule has 0 aliphatic heterocycles. The minimum Gasteiger partial charge on any atom is -0.324 e. The summed E-state index contributed by atoms with van der Waals surface area (Å²) in [7, 11) is 0. The molecule has 6 heteroatoms. The average molecular weight is 362 g/mol. The fourth-order valence-corrected chi connectivity index (χ4v) is 2.60. The van der Waals surface area contributed by atoms with Gasteiger partial charge in [-0.3, -0.25) is 0 Å². The molecule has 0 aromatic heterocycles. The molecule has 0 aliphatic carbocycles. The van der Waals surface area contributed by atoms with E-state index in [0.29, 0.717) is 11.1 Å². The summed E-state index contributed by atoms with van der Waals surface area (Å²) in [6.07, 6.45) is -4.20. The van der Waals surface area contributed by atoms with Crippen LogP contribution in [0.15, 0.2) is 46.9 Å². The van der Waals surface area contributed by atoms with E-state index in [1.165, 1.54) is 18.2 Å². The second-order valence-electron chi connectivity index (χ2n) is 4.65. The number of hydrogen-bond acceptors (Lipinski definition) is 1. The zero-order valence-corrected chi connectivity index (χ0v) is 12.4. The number of hydrogen-bond donors (Lipinski definition) is 1. The highest BCUT2D eigenvalue weighted by Crippen LogP contribution is 2.31. The van der Waals surface area contributed by atoms with Gasteiger partial charge in [-0.05, 0) is 45.6 Å². The van der Waals surface area contributed by atoms with Crippen molar-refractivity contribution in [3.63, 3.8) is 0 Å². The molecular weight excluding hydrogens is 350 g/mol. The Morgan fingerprint density at radius 3 is 2.43 bits per heavy atom. The van der Waals surface area contributed by atoms with Gasteiger partial charge in [0.15, 0.2) is 0 Å². The number of rotatable bonds is 3. The van der Waals surface area contributed by atoms with Crippen LogP contribution in [-0.2, 0) is 12.6 Å². The largest absolute Gasteiger partial charge is 0.416 e. The third kappa shape index (κ3) is 3.83. The Morgan fingerprint density at radius 2 is 1.76 bits per heavy atom. The maximum absolute atomic E-state index is 13.4. The third-order valence-electron chi connectivity index (χ3n) is 3.09. The first kappa shape index (κ1) is 16.0. The quantitative estimate of drug-likeness (QED) is 0.777. The van der Waals surface area contributed by atoms with E-state index in [0.717, 1.165) is 12.1 Å². The third-order valence-corrected chi connectivity index (χ3v) is 3.93. The summed E-state index contributed by atoms with van der Waals surface area (Å²) in [5, 5.41) is 0. The number of nitrogens with two attached hydrogens (primary N) is 1. The van der Waals surface area contributed by atoms with E-state index in [4.69, 9.17) is 5.73 Å². The van der Waals surface area contributed by atoms with E-state index < -0.39 is 23.6 Å². The van der Waals surface area contributed by atoms with Crippen molar-refractivity contribution in [1.29, 1.82) is 0 Å². The fourth-order valence-electron chi connectivity index (χ4n) is 2.05. The zero-order valence-electron chi connectivity index (χ0n) is 10.8. The van der Waals surface area contributed by atoms with Crippen molar-refractivity contribution >= 4 is 15.9 Å². The van der Waals surface area contributed by atoms with Crippen LogP contribution < -0.4 is 5.73 Å². The Kier molecular flexibility index (Phi) is 4.68. The smallest absolute Gasteiger partial charge is 0.324 e. The lowest BCUT2D eigenvalue weighted by atomic mass is 9.98. The van der Waals surface area contributed by atoms with Crippen molar-refractivity contribution in [2.24, 2.45) is 5.73 Å². The van der Waals surface area contributed by atoms with Crippen LogP contribution >= 0.6 is 15.9 Å². The Morgan fingerprint density at radius 1 is 1.10 bits per heavy atom. The molecule has 112 valence electrons. The Balaban J connectivity index is 2.24. The molecule has 2 aromatic carbocycles. The maximum Gasteiger partial charge on any atom is 0.416 e. The molecule has 0 spiro atoms. The first-order chi connectivity index (χ1) is 9.79. The summed E-state index contributed by atoms with van der Waals surface area (Å²) in [6, 6.07) is 8.82. The molecule has 2 aromatic rings. The van der Waals surface area contributed by atoms with E-state index in [1.807, 2.05) is 0 Å². The highest BCUT2D eigenvalue weighted by molar-refractivity contribution is 9.10. The van der Waals surface area contributed by atoms with E-state index >= 15 is 0 Å². The summed E-state index contributed by atoms with van der Waals surface area (Å²) < 4.78 is 51.7. The minimum atomic E-state index is -4.39. The molecule has 2 N–H and O–H groups in total. The lowest BCUT2D eigenvalue weighted by Crippen LogP contribution is -2.15. The Bertz CT molecular complexity index is 640. The molecule has 1 nitrogen and oxygen atoms in total. The molecule has 0 saturated carbocycles. The van der Waals surface area contributed by atoms with Gasteiger partial charge in [-0.1, -0.05) is 30.3 Å². The van der Waals surface area contributed by atoms with E-state index in [1.54, 1.807) is 12.1 Å². The van der Waals surface area contributed by atoms with Crippen LogP contribution in [0, 0.1) is 5.82 Å². The zero-order chi connectivity index (χ0) is 15.6. The standard InChI is InChI=1S/C15H12BrF4N/c16-14-11(5-2-6-12(14)17)13(21)8-9-3-1-4-10(7-9)15(18,19)20/h1-7,13H,8,21H2. The highest BCUT2D eigenvalue weighted by Gasteiger charge is 2.30. The van der Waals surface area contributed by atoms with E-state index in [9.17, 15) is 17.6 Å². The van der Waals surface area contributed by atoms with Crippen molar-refractivity contribution in [2.75, 3.05) is 0 Å². The van der Waals surface area contributed by atoms with E-state index in [-0.39, 0.29) is 10.9 Å². The summed E-state index contributed by atoms with van der Waals surface area (Å²) in [4.78, 5) is 0. The van der Waals surface area contributed by atoms with Gasteiger partial charge in [0.2, 0.25) is 0 Å². The van der Waals surface area contributed by atoms with Gasteiger partial charge in [-0.25, -0.2) is 4.39 Å². The first-order valence-corrected chi connectivity index (χ1v) is 6.94. The van der Waals surface area contributed by atoms with Crippen molar-refractivity contribution < 1.29 is 17.6 Å². The molecule has 0 amide bonds. The molecule has 0 heterocycles. The molecule has 1 atom stereocenters. The van der Waals surface area contributed by atoms with Gasteiger partial charge < -0.3 is 5.73 Å². The second-order valence-corrected chi connectivity index (χ2v) is 5.44.